The van der Waals surface area contributed by atoms with Crippen molar-refractivity contribution in [2.24, 2.45) is 0 Å². The van der Waals surface area contributed by atoms with Gasteiger partial charge < -0.3 is 9.80 Å². The van der Waals surface area contributed by atoms with E-state index in [1.54, 1.807) is 6.33 Å². The average Bonchev–Trinajstić information content (AvgIpc) is 2.52. The number of anilines is 1. The molecule has 120 valence electrons. The molecule has 0 atom stereocenters. The van der Waals surface area contributed by atoms with Gasteiger partial charge in [0.25, 0.3) is 0 Å². The fourth-order valence-corrected chi connectivity index (χ4v) is 2.93. The van der Waals surface area contributed by atoms with Crippen molar-refractivity contribution in [2.75, 3.05) is 24.5 Å². The number of hydrogen-bond acceptors (Lipinski definition) is 4. The van der Waals surface area contributed by atoms with Crippen LogP contribution in [-0.4, -0.2) is 40.4 Å². The van der Waals surface area contributed by atoms with Crippen molar-refractivity contribution in [3.63, 3.8) is 0 Å². The molecule has 1 saturated heterocycles. The topological polar surface area (TPSA) is 49.3 Å². The van der Waals surface area contributed by atoms with E-state index in [0.717, 1.165) is 30.2 Å². The number of benzene rings is 1. The van der Waals surface area contributed by atoms with Crippen LogP contribution in [0, 0.1) is 20.8 Å². The van der Waals surface area contributed by atoms with Crippen LogP contribution in [0.4, 0.5) is 5.82 Å². The highest BCUT2D eigenvalue weighted by molar-refractivity contribution is 5.82. The lowest BCUT2D eigenvalue weighted by Gasteiger charge is -2.35. The zero-order valence-corrected chi connectivity index (χ0v) is 13.9. The first-order chi connectivity index (χ1) is 11.0. The minimum atomic E-state index is 0.147. The summed E-state index contributed by atoms with van der Waals surface area (Å²) in [7, 11) is 0. The van der Waals surface area contributed by atoms with Crippen LogP contribution in [0.15, 0.2) is 30.6 Å². The van der Waals surface area contributed by atoms with Crippen LogP contribution in [0.25, 0.3) is 0 Å². The highest BCUT2D eigenvalue weighted by Crippen LogP contribution is 2.21. The molecule has 0 saturated carbocycles. The smallest absolute Gasteiger partial charge is 0.242 e. The zero-order valence-electron chi connectivity index (χ0n) is 13.9. The normalized spacial score (nSPS) is 15.2. The lowest BCUT2D eigenvalue weighted by atomic mass is 10.1. The SMILES string of the molecule is Cc1cccc(CN2CCN(c3ncnc(C)c3C)CC2=O)c1. The molecule has 5 nitrogen and oxygen atoms in total. The third-order valence-corrected chi connectivity index (χ3v) is 4.38. The molecule has 1 aliphatic heterocycles. The maximum atomic E-state index is 12.5. The fourth-order valence-electron chi connectivity index (χ4n) is 2.93. The molecule has 2 heterocycles. The van der Waals surface area contributed by atoms with Crippen molar-refractivity contribution in [3.8, 4) is 0 Å². The molecule has 23 heavy (non-hydrogen) atoms. The van der Waals surface area contributed by atoms with Gasteiger partial charge in [-0.25, -0.2) is 9.97 Å². The Bertz CT molecular complexity index is 729. The van der Waals surface area contributed by atoms with Crippen molar-refractivity contribution in [3.05, 3.63) is 53.0 Å². The number of rotatable bonds is 3. The summed E-state index contributed by atoms with van der Waals surface area (Å²) in [5, 5.41) is 0. The number of carbonyl (C=O) groups is 1. The van der Waals surface area contributed by atoms with E-state index in [9.17, 15) is 4.79 Å². The lowest BCUT2D eigenvalue weighted by molar-refractivity contribution is -0.131. The molecule has 1 fully saturated rings. The largest absolute Gasteiger partial charge is 0.345 e. The molecule has 1 aromatic carbocycles. The molecule has 1 amide bonds. The molecule has 0 aliphatic carbocycles. The number of hydrogen-bond donors (Lipinski definition) is 0. The summed E-state index contributed by atoms with van der Waals surface area (Å²) in [5.41, 5.74) is 4.42. The van der Waals surface area contributed by atoms with Crippen LogP contribution in [0.1, 0.15) is 22.4 Å². The van der Waals surface area contributed by atoms with Gasteiger partial charge in [0.2, 0.25) is 5.91 Å². The predicted molar refractivity (Wildman–Crippen MR) is 90.3 cm³/mol. The van der Waals surface area contributed by atoms with Crippen LogP contribution in [-0.2, 0) is 11.3 Å². The molecule has 0 unspecified atom stereocenters. The van der Waals surface area contributed by atoms with Gasteiger partial charge in [-0.05, 0) is 26.3 Å². The van der Waals surface area contributed by atoms with Crippen molar-refractivity contribution < 1.29 is 4.79 Å². The monoisotopic (exact) mass is 310 g/mol. The maximum absolute atomic E-state index is 12.5. The first-order valence-corrected chi connectivity index (χ1v) is 7.91. The molecule has 2 aromatic rings. The fraction of sp³-hybridized carbons (Fsp3) is 0.389. The number of aryl methyl sites for hydroxylation is 2. The van der Waals surface area contributed by atoms with E-state index < -0.39 is 0 Å². The average molecular weight is 310 g/mol. The number of amides is 1. The van der Waals surface area contributed by atoms with E-state index in [1.807, 2.05) is 24.8 Å². The quantitative estimate of drug-likeness (QED) is 0.872. The third-order valence-electron chi connectivity index (χ3n) is 4.38. The van der Waals surface area contributed by atoms with Gasteiger partial charge in [-0.3, -0.25) is 4.79 Å². The highest BCUT2D eigenvalue weighted by Gasteiger charge is 2.26. The number of piperazine rings is 1. The Balaban J connectivity index is 1.70. The summed E-state index contributed by atoms with van der Waals surface area (Å²) in [6, 6.07) is 8.32. The maximum Gasteiger partial charge on any atom is 0.242 e. The van der Waals surface area contributed by atoms with E-state index in [0.29, 0.717) is 13.1 Å². The molecular formula is C18H22N4O. The van der Waals surface area contributed by atoms with Gasteiger partial charge in [0.15, 0.2) is 0 Å². The summed E-state index contributed by atoms with van der Waals surface area (Å²) in [6.07, 6.45) is 1.57. The van der Waals surface area contributed by atoms with Gasteiger partial charge in [0, 0.05) is 30.9 Å². The van der Waals surface area contributed by atoms with Gasteiger partial charge in [-0.2, -0.15) is 0 Å². The molecule has 0 bridgehead atoms. The van der Waals surface area contributed by atoms with Crippen LogP contribution >= 0.6 is 0 Å². The molecule has 0 radical (unpaired) electrons. The summed E-state index contributed by atoms with van der Waals surface area (Å²) < 4.78 is 0. The second-order valence-corrected chi connectivity index (χ2v) is 6.13. The summed E-state index contributed by atoms with van der Waals surface area (Å²) in [6.45, 7) is 8.62. The van der Waals surface area contributed by atoms with Gasteiger partial charge in [0.1, 0.15) is 12.1 Å². The van der Waals surface area contributed by atoms with E-state index in [4.69, 9.17) is 0 Å². The molecular weight excluding hydrogens is 288 g/mol. The molecule has 0 spiro atoms. The van der Waals surface area contributed by atoms with E-state index in [-0.39, 0.29) is 5.91 Å². The van der Waals surface area contributed by atoms with E-state index in [2.05, 4.69) is 40.0 Å². The lowest BCUT2D eigenvalue weighted by Crippen LogP contribution is -2.50. The third kappa shape index (κ3) is 3.33. The second-order valence-electron chi connectivity index (χ2n) is 6.13. The van der Waals surface area contributed by atoms with Crippen molar-refractivity contribution in [1.82, 2.24) is 14.9 Å². The molecule has 5 heteroatoms. The Labute approximate surface area is 137 Å². The standard InChI is InChI=1S/C18H22N4O/c1-13-5-4-6-16(9-13)10-21-7-8-22(11-17(21)23)18-14(2)15(3)19-12-20-18/h4-6,9,12H,7-8,10-11H2,1-3H3. The Morgan fingerprint density at radius 3 is 2.70 bits per heavy atom. The van der Waals surface area contributed by atoms with Crippen molar-refractivity contribution in [2.45, 2.75) is 27.3 Å². The van der Waals surface area contributed by atoms with Crippen LogP contribution in [0.2, 0.25) is 0 Å². The number of carbonyl (C=O) groups excluding carboxylic acids is 1. The van der Waals surface area contributed by atoms with Crippen molar-refractivity contribution >= 4 is 11.7 Å². The first-order valence-electron chi connectivity index (χ1n) is 7.91. The highest BCUT2D eigenvalue weighted by atomic mass is 16.2. The minimum Gasteiger partial charge on any atom is -0.345 e. The van der Waals surface area contributed by atoms with Crippen LogP contribution < -0.4 is 4.90 Å². The summed E-state index contributed by atoms with van der Waals surface area (Å²) >= 11 is 0. The van der Waals surface area contributed by atoms with Gasteiger partial charge in [-0.1, -0.05) is 29.8 Å². The Kier molecular flexibility index (Phi) is 4.28. The Morgan fingerprint density at radius 1 is 1.13 bits per heavy atom. The summed E-state index contributed by atoms with van der Waals surface area (Å²) in [4.78, 5) is 25.0. The van der Waals surface area contributed by atoms with Gasteiger partial charge in [-0.15, -0.1) is 0 Å². The molecule has 0 N–H and O–H groups in total. The zero-order chi connectivity index (χ0) is 16.4. The second kappa shape index (κ2) is 6.36. The number of nitrogens with zero attached hydrogens (tertiary/aromatic N) is 4. The van der Waals surface area contributed by atoms with Gasteiger partial charge >= 0.3 is 0 Å². The van der Waals surface area contributed by atoms with E-state index in [1.165, 1.54) is 11.1 Å². The van der Waals surface area contributed by atoms with Crippen LogP contribution in [0.5, 0.6) is 0 Å². The first kappa shape index (κ1) is 15.5. The van der Waals surface area contributed by atoms with E-state index >= 15 is 0 Å². The summed E-state index contributed by atoms with van der Waals surface area (Å²) in [5.74, 6) is 1.02. The minimum absolute atomic E-state index is 0.147. The van der Waals surface area contributed by atoms with Crippen LogP contribution in [0.3, 0.4) is 0 Å². The Morgan fingerprint density at radius 2 is 1.96 bits per heavy atom. The van der Waals surface area contributed by atoms with Crippen molar-refractivity contribution in [1.29, 1.82) is 0 Å². The number of aromatic nitrogens is 2. The molecule has 1 aliphatic rings. The molecule has 1 aromatic heterocycles. The molecule has 3 rings (SSSR count). The Hall–Kier alpha value is -2.43. The predicted octanol–water partition coefficient (Wildman–Crippen LogP) is 2.25. The van der Waals surface area contributed by atoms with Gasteiger partial charge in [0.05, 0.1) is 6.54 Å².